The molecule has 0 radical (unpaired) electrons. The Morgan fingerprint density at radius 2 is 1.72 bits per heavy atom. The average molecular weight is 489 g/mol. The number of H-pyrrole nitrogens is 1. The van der Waals surface area contributed by atoms with Crippen LogP contribution in [0.5, 0.6) is 5.75 Å². The molecule has 8 nitrogen and oxygen atoms in total. The minimum atomic E-state index is -0.563. The Morgan fingerprint density at radius 1 is 0.972 bits per heavy atom. The van der Waals surface area contributed by atoms with Crippen molar-refractivity contribution in [1.82, 2.24) is 19.4 Å². The number of hydrogen-bond donors (Lipinski definition) is 1. The van der Waals surface area contributed by atoms with Crippen LogP contribution in [0.4, 0.5) is 4.39 Å². The highest BCUT2D eigenvalue weighted by Crippen LogP contribution is 2.20. The smallest absolute Gasteiger partial charge is 0.333 e. The van der Waals surface area contributed by atoms with E-state index in [1.807, 2.05) is 6.07 Å². The molecule has 9 heteroatoms. The summed E-state index contributed by atoms with van der Waals surface area (Å²) in [4.78, 5) is 45.4. The van der Waals surface area contributed by atoms with Gasteiger partial charge < -0.3 is 14.6 Å². The molecule has 1 aliphatic rings. The molecule has 0 atom stereocenters. The van der Waals surface area contributed by atoms with Crippen LogP contribution in [0.15, 0.2) is 76.3 Å². The predicted octanol–water partition coefficient (Wildman–Crippen LogP) is 2.78. The fraction of sp³-hybridized carbons (Fsp3) is 0.222. The van der Waals surface area contributed by atoms with Crippen LogP contribution in [0, 0.1) is 5.82 Å². The van der Waals surface area contributed by atoms with Crippen molar-refractivity contribution in [2.24, 2.45) is 0 Å². The first-order chi connectivity index (χ1) is 17.4. The van der Waals surface area contributed by atoms with Gasteiger partial charge in [-0.1, -0.05) is 24.3 Å². The molecule has 1 amide bonds. The molecule has 36 heavy (non-hydrogen) atoms. The Morgan fingerprint density at radius 3 is 2.42 bits per heavy atom. The van der Waals surface area contributed by atoms with Crippen LogP contribution < -0.4 is 16.0 Å². The summed E-state index contributed by atoms with van der Waals surface area (Å²) < 4.78 is 20.0. The molecular weight excluding hydrogens is 463 g/mol. The third kappa shape index (κ3) is 4.52. The molecule has 1 N–H and O–H groups in total. The average Bonchev–Trinajstić information content (AvgIpc) is 2.89. The molecule has 1 aromatic heterocycles. The first-order valence-corrected chi connectivity index (χ1v) is 11.6. The van der Waals surface area contributed by atoms with Gasteiger partial charge in [-0.15, -0.1) is 0 Å². The molecule has 0 saturated carbocycles. The number of fused-ring (bicyclic) bond motifs is 1. The summed E-state index contributed by atoms with van der Waals surface area (Å²) in [7, 11) is 1.43. The van der Waals surface area contributed by atoms with Gasteiger partial charge in [0.05, 0.1) is 23.7 Å². The van der Waals surface area contributed by atoms with Crippen molar-refractivity contribution in [3.8, 4) is 11.4 Å². The molecule has 1 fully saturated rings. The summed E-state index contributed by atoms with van der Waals surface area (Å²) in [6, 6.07) is 18.4. The van der Waals surface area contributed by atoms with E-state index in [0.717, 1.165) is 10.1 Å². The topological polar surface area (TPSA) is 87.6 Å². The number of para-hydroxylation sites is 1. The van der Waals surface area contributed by atoms with Gasteiger partial charge in [-0.2, -0.15) is 0 Å². The van der Waals surface area contributed by atoms with E-state index >= 15 is 0 Å². The number of hydrogen-bond acceptors (Lipinski definition) is 5. The van der Waals surface area contributed by atoms with Gasteiger partial charge in [0.15, 0.2) is 11.6 Å². The third-order valence-electron chi connectivity index (χ3n) is 6.44. The molecule has 5 rings (SSSR count). The van der Waals surface area contributed by atoms with E-state index in [9.17, 15) is 18.8 Å². The first kappa shape index (κ1) is 23.5. The molecule has 0 bridgehead atoms. The maximum Gasteiger partial charge on any atom is 0.333 e. The van der Waals surface area contributed by atoms with Crippen molar-refractivity contribution in [2.75, 3.05) is 33.3 Å². The fourth-order valence-electron chi connectivity index (χ4n) is 4.52. The molecule has 3 aromatic carbocycles. The number of carbonyl (C=O) groups excluding carboxylic acids is 1. The third-order valence-corrected chi connectivity index (χ3v) is 6.44. The fourth-order valence-corrected chi connectivity index (χ4v) is 4.52. The molecule has 2 heterocycles. The van der Waals surface area contributed by atoms with Crippen molar-refractivity contribution in [3.05, 3.63) is 105 Å². The van der Waals surface area contributed by atoms with Crippen LogP contribution in [0.25, 0.3) is 16.6 Å². The highest BCUT2D eigenvalue weighted by molar-refractivity contribution is 5.97. The van der Waals surface area contributed by atoms with E-state index < -0.39 is 17.1 Å². The number of amides is 1. The molecule has 1 saturated heterocycles. The predicted molar refractivity (Wildman–Crippen MR) is 134 cm³/mol. The molecule has 0 unspecified atom stereocenters. The standard InChI is InChI=1S/C27H25FN4O4/c1-36-24-10-7-18(15-22(24)28)17-30-11-13-31(14-12-30)25(33)19-8-9-21-23(16-19)29-27(35)32(26(21)34)20-5-3-2-4-6-20/h2-10,15-16H,11-14,17H2,1H3,(H,29,35). The van der Waals surface area contributed by atoms with Crippen LogP contribution in [-0.4, -0.2) is 58.5 Å². The lowest BCUT2D eigenvalue weighted by atomic mass is 10.1. The van der Waals surface area contributed by atoms with Crippen LogP contribution in [0.2, 0.25) is 0 Å². The summed E-state index contributed by atoms with van der Waals surface area (Å²) in [6.07, 6.45) is 0. The summed E-state index contributed by atoms with van der Waals surface area (Å²) in [6.45, 7) is 2.90. The van der Waals surface area contributed by atoms with Gasteiger partial charge in [-0.05, 0) is 48.0 Å². The number of carbonyl (C=O) groups is 1. The van der Waals surface area contributed by atoms with Crippen molar-refractivity contribution < 1.29 is 13.9 Å². The van der Waals surface area contributed by atoms with E-state index in [1.165, 1.54) is 13.2 Å². The molecule has 1 aliphatic heterocycles. The van der Waals surface area contributed by atoms with Crippen molar-refractivity contribution in [1.29, 1.82) is 0 Å². The minimum absolute atomic E-state index is 0.167. The normalized spacial score (nSPS) is 14.2. The lowest BCUT2D eigenvalue weighted by molar-refractivity contribution is 0.0628. The lowest BCUT2D eigenvalue weighted by Gasteiger charge is -2.34. The summed E-state index contributed by atoms with van der Waals surface area (Å²) in [5, 5.41) is 0.326. The second kappa shape index (κ2) is 9.79. The molecule has 4 aromatic rings. The second-order valence-corrected chi connectivity index (χ2v) is 8.70. The molecule has 184 valence electrons. The number of methoxy groups -OCH3 is 1. The Kier molecular flexibility index (Phi) is 6.39. The number of benzene rings is 3. The zero-order valence-electron chi connectivity index (χ0n) is 19.7. The molecular formula is C27H25FN4O4. The zero-order valence-corrected chi connectivity index (χ0v) is 19.7. The number of aromatic amines is 1. The zero-order chi connectivity index (χ0) is 25.2. The van der Waals surface area contributed by atoms with Gasteiger partial charge in [0.2, 0.25) is 0 Å². The van der Waals surface area contributed by atoms with Gasteiger partial charge in [-0.25, -0.2) is 13.8 Å². The van der Waals surface area contributed by atoms with E-state index in [-0.39, 0.29) is 11.7 Å². The number of rotatable bonds is 5. The number of aromatic nitrogens is 2. The summed E-state index contributed by atoms with van der Waals surface area (Å²) >= 11 is 0. The minimum Gasteiger partial charge on any atom is -0.494 e. The van der Waals surface area contributed by atoms with E-state index in [1.54, 1.807) is 59.5 Å². The van der Waals surface area contributed by atoms with Gasteiger partial charge in [0.1, 0.15) is 0 Å². The monoisotopic (exact) mass is 488 g/mol. The number of nitrogens with zero attached hydrogens (tertiary/aromatic N) is 3. The van der Waals surface area contributed by atoms with Crippen LogP contribution in [0.1, 0.15) is 15.9 Å². The van der Waals surface area contributed by atoms with Crippen LogP contribution >= 0.6 is 0 Å². The largest absolute Gasteiger partial charge is 0.494 e. The maximum atomic E-state index is 14.0. The Labute approximate surface area is 206 Å². The Bertz CT molecular complexity index is 1540. The second-order valence-electron chi connectivity index (χ2n) is 8.70. The summed E-state index contributed by atoms with van der Waals surface area (Å²) in [5.74, 6) is -0.348. The maximum absolute atomic E-state index is 14.0. The quantitative estimate of drug-likeness (QED) is 0.467. The molecule has 0 spiro atoms. The molecule has 0 aliphatic carbocycles. The lowest BCUT2D eigenvalue weighted by Crippen LogP contribution is -2.48. The van der Waals surface area contributed by atoms with Gasteiger partial charge >= 0.3 is 5.69 Å². The van der Waals surface area contributed by atoms with Crippen molar-refractivity contribution >= 4 is 16.8 Å². The van der Waals surface area contributed by atoms with Crippen LogP contribution in [0.3, 0.4) is 0 Å². The number of ether oxygens (including phenoxy) is 1. The number of piperazine rings is 1. The van der Waals surface area contributed by atoms with Crippen molar-refractivity contribution in [2.45, 2.75) is 6.54 Å². The van der Waals surface area contributed by atoms with E-state index in [4.69, 9.17) is 4.74 Å². The summed E-state index contributed by atoms with van der Waals surface area (Å²) in [5.41, 5.74) is 1.03. The first-order valence-electron chi connectivity index (χ1n) is 11.6. The van der Waals surface area contributed by atoms with Crippen molar-refractivity contribution in [3.63, 3.8) is 0 Å². The highest BCUT2D eigenvalue weighted by Gasteiger charge is 2.23. The van der Waals surface area contributed by atoms with E-state index in [2.05, 4.69) is 9.88 Å². The SMILES string of the molecule is COc1ccc(CN2CCN(C(=O)c3ccc4c(=O)n(-c5ccccc5)c(=O)[nH]c4c3)CC2)cc1F. The number of nitrogens with one attached hydrogen (secondary N) is 1. The highest BCUT2D eigenvalue weighted by atomic mass is 19.1. The Balaban J connectivity index is 1.30. The van der Waals surface area contributed by atoms with Gasteiger partial charge in [0, 0.05) is 38.3 Å². The number of halogens is 1. The van der Waals surface area contributed by atoms with Crippen LogP contribution in [-0.2, 0) is 6.54 Å². The Hall–Kier alpha value is -4.24. The van der Waals surface area contributed by atoms with E-state index in [0.29, 0.717) is 54.9 Å². The van der Waals surface area contributed by atoms with Gasteiger partial charge in [0.25, 0.3) is 11.5 Å². The van der Waals surface area contributed by atoms with Gasteiger partial charge in [-0.3, -0.25) is 14.5 Å².